The van der Waals surface area contributed by atoms with Crippen molar-refractivity contribution in [3.63, 3.8) is 0 Å². The van der Waals surface area contributed by atoms with E-state index in [1.165, 1.54) is 25.7 Å². The zero-order chi connectivity index (χ0) is 20.4. The fourth-order valence-electron chi connectivity index (χ4n) is 4.88. The molecule has 6 heteroatoms. The molecule has 4 rings (SSSR count). The van der Waals surface area contributed by atoms with Gasteiger partial charge in [-0.05, 0) is 58.3 Å². The van der Waals surface area contributed by atoms with Gasteiger partial charge in [-0.3, -0.25) is 9.59 Å². The summed E-state index contributed by atoms with van der Waals surface area (Å²) in [5.41, 5.74) is 2.73. The second kappa shape index (κ2) is 8.80. The normalized spacial score (nSPS) is 22.7. The zero-order valence-corrected chi connectivity index (χ0v) is 17.9. The van der Waals surface area contributed by atoms with Crippen LogP contribution in [0.2, 0.25) is 0 Å². The Balaban J connectivity index is 1.40. The molecule has 0 spiro atoms. The molecule has 3 fully saturated rings. The molecule has 0 radical (unpaired) electrons. The smallest absolute Gasteiger partial charge is 0.224 e. The monoisotopic (exact) mass is 398 g/mol. The molecule has 1 saturated heterocycles. The lowest BCUT2D eigenvalue weighted by Gasteiger charge is -2.33. The van der Waals surface area contributed by atoms with Crippen molar-refractivity contribution in [1.29, 1.82) is 0 Å². The van der Waals surface area contributed by atoms with Crippen LogP contribution in [-0.2, 0) is 16.0 Å². The van der Waals surface area contributed by atoms with E-state index in [9.17, 15) is 9.59 Å². The number of nitrogens with zero attached hydrogens (tertiary/aromatic N) is 3. The Bertz CT molecular complexity index is 745. The first-order chi connectivity index (χ1) is 14.0. The van der Waals surface area contributed by atoms with Gasteiger partial charge in [0.05, 0.1) is 6.42 Å². The molecule has 3 aliphatic rings. The number of hydrogen-bond donors (Lipinski definition) is 1. The number of aryl methyl sites for hydroxylation is 2. The van der Waals surface area contributed by atoms with Crippen molar-refractivity contribution < 1.29 is 9.59 Å². The van der Waals surface area contributed by atoms with Crippen LogP contribution in [0.15, 0.2) is 0 Å². The van der Waals surface area contributed by atoms with E-state index in [4.69, 9.17) is 9.97 Å². The van der Waals surface area contributed by atoms with Gasteiger partial charge in [0.15, 0.2) is 0 Å². The Kier molecular flexibility index (Phi) is 6.16. The van der Waals surface area contributed by atoms with Crippen LogP contribution < -0.4 is 5.32 Å². The summed E-state index contributed by atoms with van der Waals surface area (Å²) in [5, 5.41) is 3.04. The Hall–Kier alpha value is -1.98. The lowest BCUT2D eigenvalue weighted by molar-refractivity contribution is -0.133. The van der Waals surface area contributed by atoms with Crippen molar-refractivity contribution in [2.45, 2.75) is 90.0 Å². The van der Waals surface area contributed by atoms with Crippen molar-refractivity contribution in [3.8, 4) is 0 Å². The molecule has 29 heavy (non-hydrogen) atoms. The Labute approximate surface area is 173 Å². The lowest BCUT2D eigenvalue weighted by atomic mass is 9.95. The third kappa shape index (κ3) is 5.14. The van der Waals surface area contributed by atoms with Crippen molar-refractivity contribution in [2.24, 2.45) is 5.92 Å². The highest BCUT2D eigenvalue weighted by Gasteiger charge is 2.29. The van der Waals surface area contributed by atoms with E-state index in [2.05, 4.69) is 5.32 Å². The third-order valence-corrected chi connectivity index (χ3v) is 6.80. The van der Waals surface area contributed by atoms with Crippen molar-refractivity contribution in [1.82, 2.24) is 20.2 Å². The van der Waals surface area contributed by atoms with E-state index < -0.39 is 0 Å². The number of piperidine rings is 1. The summed E-state index contributed by atoms with van der Waals surface area (Å²) in [4.78, 5) is 36.6. The van der Waals surface area contributed by atoms with Crippen LogP contribution in [0, 0.1) is 19.8 Å². The summed E-state index contributed by atoms with van der Waals surface area (Å²) in [5.74, 6) is 2.00. The summed E-state index contributed by atoms with van der Waals surface area (Å²) in [6.07, 6.45) is 10.2. The molecule has 2 heterocycles. The van der Waals surface area contributed by atoms with Crippen LogP contribution in [-0.4, -0.2) is 45.8 Å². The standard InChI is InChI=1S/C23H34N4O2/c1-15-20(13-21(28)26-19-9-10-19)16(2)25-23(24-15)18-8-5-11-27(14-18)22(29)12-17-6-3-4-7-17/h17-19H,3-14H2,1-2H3,(H,26,28)/t18-/m1/s1. The number of carbonyl (C=O) groups excluding carboxylic acids is 2. The summed E-state index contributed by atoms with van der Waals surface area (Å²) >= 11 is 0. The molecule has 0 bridgehead atoms. The summed E-state index contributed by atoms with van der Waals surface area (Å²) in [6.45, 7) is 5.54. The largest absolute Gasteiger partial charge is 0.353 e. The van der Waals surface area contributed by atoms with E-state index in [0.29, 0.717) is 30.7 Å². The molecule has 2 amide bonds. The fraction of sp³-hybridized carbons (Fsp3) is 0.739. The minimum atomic E-state index is 0.0661. The molecule has 1 atom stereocenters. The van der Waals surface area contributed by atoms with E-state index in [1.807, 2.05) is 18.7 Å². The van der Waals surface area contributed by atoms with Crippen LogP contribution in [0.5, 0.6) is 0 Å². The second-order valence-corrected chi connectivity index (χ2v) is 9.28. The van der Waals surface area contributed by atoms with Gasteiger partial charge in [0.2, 0.25) is 11.8 Å². The molecule has 2 saturated carbocycles. The number of hydrogen-bond acceptors (Lipinski definition) is 4. The molecule has 1 N–H and O–H groups in total. The number of amides is 2. The Morgan fingerprint density at radius 2 is 1.69 bits per heavy atom. The highest BCUT2D eigenvalue weighted by Crippen LogP contribution is 2.30. The molecule has 0 unspecified atom stereocenters. The molecule has 0 aromatic carbocycles. The number of aromatic nitrogens is 2. The van der Waals surface area contributed by atoms with Crippen LogP contribution in [0.3, 0.4) is 0 Å². The number of likely N-dealkylation sites (tertiary alicyclic amines) is 1. The quantitative estimate of drug-likeness (QED) is 0.798. The van der Waals surface area contributed by atoms with Gasteiger partial charge in [-0.15, -0.1) is 0 Å². The minimum Gasteiger partial charge on any atom is -0.353 e. The lowest BCUT2D eigenvalue weighted by Crippen LogP contribution is -2.40. The average molecular weight is 399 g/mol. The van der Waals surface area contributed by atoms with Crippen LogP contribution in [0.25, 0.3) is 0 Å². The number of rotatable bonds is 6. The van der Waals surface area contributed by atoms with Crippen molar-refractivity contribution in [2.75, 3.05) is 13.1 Å². The fourth-order valence-corrected chi connectivity index (χ4v) is 4.88. The third-order valence-electron chi connectivity index (χ3n) is 6.80. The maximum absolute atomic E-state index is 12.8. The van der Waals surface area contributed by atoms with Crippen LogP contribution >= 0.6 is 0 Å². The molecule has 1 aromatic heterocycles. The minimum absolute atomic E-state index is 0.0661. The number of carbonyl (C=O) groups is 2. The number of nitrogens with one attached hydrogen (secondary N) is 1. The molecular formula is C23H34N4O2. The predicted molar refractivity (Wildman–Crippen MR) is 112 cm³/mol. The van der Waals surface area contributed by atoms with Gasteiger partial charge in [-0.1, -0.05) is 12.8 Å². The Morgan fingerprint density at radius 1 is 1.00 bits per heavy atom. The maximum Gasteiger partial charge on any atom is 0.224 e. The maximum atomic E-state index is 12.8. The van der Waals surface area contributed by atoms with Gasteiger partial charge < -0.3 is 10.2 Å². The highest BCUT2D eigenvalue weighted by molar-refractivity contribution is 5.79. The van der Waals surface area contributed by atoms with Gasteiger partial charge in [0.25, 0.3) is 0 Å². The molecule has 2 aliphatic carbocycles. The van der Waals surface area contributed by atoms with Crippen LogP contribution in [0.1, 0.15) is 86.5 Å². The molecule has 1 aromatic rings. The van der Waals surface area contributed by atoms with Crippen molar-refractivity contribution >= 4 is 11.8 Å². The summed E-state index contributed by atoms with van der Waals surface area (Å²) in [6, 6.07) is 0.373. The van der Waals surface area contributed by atoms with Gasteiger partial charge in [0.1, 0.15) is 5.82 Å². The van der Waals surface area contributed by atoms with E-state index in [-0.39, 0.29) is 11.8 Å². The summed E-state index contributed by atoms with van der Waals surface area (Å²) in [7, 11) is 0. The molecule has 1 aliphatic heterocycles. The first kappa shape index (κ1) is 20.3. The van der Waals surface area contributed by atoms with E-state index in [0.717, 1.165) is 61.5 Å². The average Bonchev–Trinajstić information content (AvgIpc) is 3.36. The zero-order valence-electron chi connectivity index (χ0n) is 17.9. The molecule has 158 valence electrons. The SMILES string of the molecule is Cc1nc([C@@H]2CCCN(C(=O)CC3CCCC3)C2)nc(C)c1CC(=O)NC1CC1. The topological polar surface area (TPSA) is 75.2 Å². The van der Waals surface area contributed by atoms with E-state index in [1.54, 1.807) is 0 Å². The predicted octanol–water partition coefficient (Wildman–Crippen LogP) is 3.20. The summed E-state index contributed by atoms with van der Waals surface area (Å²) < 4.78 is 0. The second-order valence-electron chi connectivity index (χ2n) is 9.28. The van der Waals surface area contributed by atoms with Gasteiger partial charge in [0, 0.05) is 48.4 Å². The van der Waals surface area contributed by atoms with Gasteiger partial charge in [-0.2, -0.15) is 0 Å². The van der Waals surface area contributed by atoms with Gasteiger partial charge >= 0.3 is 0 Å². The van der Waals surface area contributed by atoms with Crippen molar-refractivity contribution in [3.05, 3.63) is 22.8 Å². The first-order valence-electron chi connectivity index (χ1n) is 11.4. The molecular weight excluding hydrogens is 364 g/mol. The van der Waals surface area contributed by atoms with Crippen LogP contribution in [0.4, 0.5) is 0 Å². The van der Waals surface area contributed by atoms with Gasteiger partial charge in [-0.25, -0.2) is 9.97 Å². The first-order valence-corrected chi connectivity index (χ1v) is 11.4. The highest BCUT2D eigenvalue weighted by atomic mass is 16.2. The van der Waals surface area contributed by atoms with E-state index >= 15 is 0 Å². The Morgan fingerprint density at radius 3 is 2.34 bits per heavy atom. The molecule has 6 nitrogen and oxygen atoms in total.